The molecule has 7 nitrogen and oxygen atoms in total. The molecule has 0 aromatic heterocycles. The number of hydrogen-bond acceptors (Lipinski definition) is 4. The molecule has 3 aromatic carbocycles. The van der Waals surface area contributed by atoms with Crippen LogP contribution in [0.4, 0.5) is 10.1 Å². The van der Waals surface area contributed by atoms with Crippen LogP contribution >= 0.6 is 0 Å². The fourth-order valence-electron chi connectivity index (χ4n) is 4.25. The van der Waals surface area contributed by atoms with E-state index in [2.05, 4.69) is 5.32 Å². The van der Waals surface area contributed by atoms with E-state index in [1.807, 2.05) is 36.4 Å². The Morgan fingerprint density at radius 2 is 1.76 bits per heavy atom. The zero-order chi connectivity index (χ0) is 24.3. The molecule has 0 unspecified atom stereocenters. The van der Waals surface area contributed by atoms with E-state index in [0.29, 0.717) is 18.5 Å². The van der Waals surface area contributed by atoms with Gasteiger partial charge >= 0.3 is 0 Å². The Bertz CT molecular complexity index is 1310. The largest absolute Gasteiger partial charge is 0.336 e. The van der Waals surface area contributed by atoms with Gasteiger partial charge in [-0.2, -0.15) is 4.31 Å². The quantitative estimate of drug-likeness (QED) is 0.582. The van der Waals surface area contributed by atoms with E-state index >= 15 is 0 Å². The van der Waals surface area contributed by atoms with Crippen molar-refractivity contribution >= 4 is 38.3 Å². The second-order valence-corrected chi connectivity index (χ2v) is 10.4. The van der Waals surface area contributed by atoms with Crippen LogP contribution in [-0.4, -0.2) is 56.1 Å². The van der Waals surface area contributed by atoms with Gasteiger partial charge in [0.2, 0.25) is 21.8 Å². The molecule has 2 amide bonds. The summed E-state index contributed by atoms with van der Waals surface area (Å²) in [6, 6.07) is 17.9. The van der Waals surface area contributed by atoms with E-state index in [0.717, 1.165) is 22.9 Å². The summed E-state index contributed by atoms with van der Waals surface area (Å²) < 4.78 is 40.3. The maximum absolute atomic E-state index is 13.2. The smallest absolute Gasteiger partial charge is 0.244 e. The summed E-state index contributed by atoms with van der Waals surface area (Å²) in [5.41, 5.74) is 0.665. The van der Waals surface area contributed by atoms with Gasteiger partial charge in [0, 0.05) is 31.2 Å². The molecule has 34 heavy (non-hydrogen) atoms. The van der Waals surface area contributed by atoms with Gasteiger partial charge < -0.3 is 10.2 Å². The molecular formula is C25H26FN3O4S. The first kappa shape index (κ1) is 23.8. The van der Waals surface area contributed by atoms with Crippen molar-refractivity contribution in [3.8, 4) is 0 Å². The van der Waals surface area contributed by atoms with Crippen molar-refractivity contribution in [2.45, 2.75) is 17.7 Å². The Hall–Kier alpha value is -3.30. The maximum Gasteiger partial charge on any atom is 0.244 e. The molecule has 0 saturated carbocycles. The SMILES string of the molecule is CN(CC(=O)Nc1cccc2ccccc12)C(=O)[C@@H]1CCCN(S(=O)(=O)c2ccc(F)cc2)C1. The van der Waals surface area contributed by atoms with Crippen molar-refractivity contribution in [1.29, 1.82) is 0 Å². The van der Waals surface area contributed by atoms with Gasteiger partial charge in [-0.1, -0.05) is 36.4 Å². The van der Waals surface area contributed by atoms with E-state index < -0.39 is 21.8 Å². The zero-order valence-electron chi connectivity index (χ0n) is 18.8. The molecule has 1 N–H and O–H groups in total. The molecule has 178 valence electrons. The number of nitrogens with zero attached hydrogens (tertiary/aromatic N) is 2. The summed E-state index contributed by atoms with van der Waals surface area (Å²) in [5, 5.41) is 4.76. The average molecular weight is 484 g/mol. The van der Waals surface area contributed by atoms with Gasteiger partial charge in [-0.3, -0.25) is 9.59 Å². The van der Waals surface area contributed by atoms with Gasteiger partial charge in [0.15, 0.2) is 0 Å². The highest BCUT2D eigenvalue weighted by Crippen LogP contribution is 2.26. The van der Waals surface area contributed by atoms with E-state index in [9.17, 15) is 22.4 Å². The van der Waals surface area contributed by atoms with E-state index in [1.165, 1.54) is 21.3 Å². The summed E-state index contributed by atoms with van der Waals surface area (Å²) in [6.45, 7) is 0.159. The second kappa shape index (κ2) is 9.90. The van der Waals surface area contributed by atoms with Crippen molar-refractivity contribution in [1.82, 2.24) is 9.21 Å². The third-order valence-corrected chi connectivity index (χ3v) is 7.88. The molecule has 1 saturated heterocycles. The molecule has 1 aliphatic rings. The van der Waals surface area contributed by atoms with Gasteiger partial charge in [-0.25, -0.2) is 12.8 Å². The molecule has 9 heteroatoms. The van der Waals surface area contributed by atoms with Crippen molar-refractivity contribution in [3.63, 3.8) is 0 Å². The summed E-state index contributed by atoms with van der Waals surface area (Å²) in [5.74, 6) is -1.70. The fourth-order valence-corrected chi connectivity index (χ4v) is 5.77. The molecule has 1 atom stereocenters. The van der Waals surface area contributed by atoms with Crippen LogP contribution in [0.5, 0.6) is 0 Å². The van der Waals surface area contributed by atoms with Crippen LogP contribution < -0.4 is 5.32 Å². The number of rotatable bonds is 6. The van der Waals surface area contributed by atoms with E-state index in [4.69, 9.17) is 0 Å². The van der Waals surface area contributed by atoms with Crippen LogP contribution in [0.2, 0.25) is 0 Å². The number of halogens is 1. The standard InChI is InChI=1S/C25H26FN3O4S/c1-28(17-24(30)27-23-10-4-7-18-6-2-3-9-22(18)23)25(31)19-8-5-15-29(16-19)34(32,33)21-13-11-20(26)12-14-21/h2-4,6-7,9-14,19H,5,8,15-17H2,1H3,(H,27,30)/t19-/m1/s1. The number of amides is 2. The van der Waals surface area contributed by atoms with E-state index in [1.54, 1.807) is 13.1 Å². The monoisotopic (exact) mass is 483 g/mol. The van der Waals surface area contributed by atoms with Crippen molar-refractivity contribution in [3.05, 3.63) is 72.5 Å². The Kier molecular flexibility index (Phi) is 6.95. The summed E-state index contributed by atoms with van der Waals surface area (Å²) in [6.07, 6.45) is 1.05. The summed E-state index contributed by atoms with van der Waals surface area (Å²) >= 11 is 0. The lowest BCUT2D eigenvalue weighted by atomic mass is 9.98. The number of likely N-dealkylation sites (N-methyl/N-ethyl adjacent to an activating group) is 1. The topological polar surface area (TPSA) is 86.8 Å². The maximum atomic E-state index is 13.2. The fraction of sp³-hybridized carbons (Fsp3) is 0.280. The highest BCUT2D eigenvalue weighted by Gasteiger charge is 2.34. The van der Waals surface area contributed by atoms with Gasteiger partial charge in [0.05, 0.1) is 17.4 Å². The van der Waals surface area contributed by atoms with Gasteiger partial charge in [-0.15, -0.1) is 0 Å². The highest BCUT2D eigenvalue weighted by atomic mass is 32.2. The third-order valence-electron chi connectivity index (χ3n) is 6.01. The van der Waals surface area contributed by atoms with Crippen LogP contribution in [0.15, 0.2) is 71.6 Å². The average Bonchev–Trinajstić information content (AvgIpc) is 2.84. The predicted octanol–water partition coefficient (Wildman–Crippen LogP) is 3.48. The first-order valence-electron chi connectivity index (χ1n) is 11.0. The van der Waals surface area contributed by atoms with Crippen molar-refractivity contribution in [2.75, 3.05) is 32.0 Å². The molecule has 0 spiro atoms. The molecular weight excluding hydrogens is 457 g/mol. The van der Waals surface area contributed by atoms with Crippen molar-refractivity contribution < 1.29 is 22.4 Å². The van der Waals surface area contributed by atoms with E-state index in [-0.39, 0.29) is 36.3 Å². The lowest BCUT2D eigenvalue weighted by Crippen LogP contribution is -2.47. The minimum atomic E-state index is -3.84. The first-order chi connectivity index (χ1) is 16.3. The summed E-state index contributed by atoms with van der Waals surface area (Å²) in [7, 11) is -2.30. The van der Waals surface area contributed by atoms with Gasteiger partial charge in [-0.05, 0) is 48.6 Å². The molecule has 1 heterocycles. The Morgan fingerprint density at radius 3 is 2.53 bits per heavy atom. The number of anilines is 1. The van der Waals surface area contributed by atoms with Crippen LogP contribution in [0.25, 0.3) is 10.8 Å². The van der Waals surface area contributed by atoms with Crippen molar-refractivity contribution in [2.24, 2.45) is 5.92 Å². The zero-order valence-corrected chi connectivity index (χ0v) is 19.6. The molecule has 0 bridgehead atoms. The molecule has 1 aliphatic heterocycles. The number of hydrogen-bond donors (Lipinski definition) is 1. The minimum absolute atomic E-state index is 0.00943. The summed E-state index contributed by atoms with van der Waals surface area (Å²) in [4.78, 5) is 27.0. The normalized spacial score (nSPS) is 16.8. The predicted molar refractivity (Wildman–Crippen MR) is 128 cm³/mol. The molecule has 4 rings (SSSR count). The Labute approximate surface area is 198 Å². The number of fused-ring (bicyclic) bond motifs is 1. The Balaban J connectivity index is 1.40. The number of nitrogens with one attached hydrogen (secondary N) is 1. The molecule has 0 radical (unpaired) electrons. The molecule has 1 fully saturated rings. The molecule has 3 aromatic rings. The number of sulfonamides is 1. The van der Waals surface area contributed by atoms with Crippen LogP contribution in [-0.2, 0) is 19.6 Å². The Morgan fingerprint density at radius 1 is 1.06 bits per heavy atom. The second-order valence-electron chi connectivity index (χ2n) is 8.43. The van der Waals surface area contributed by atoms with Gasteiger partial charge in [0.25, 0.3) is 0 Å². The van der Waals surface area contributed by atoms with Gasteiger partial charge in [0.1, 0.15) is 5.82 Å². The lowest BCUT2D eigenvalue weighted by Gasteiger charge is -2.33. The first-order valence-corrected chi connectivity index (χ1v) is 12.5. The number of benzene rings is 3. The van der Waals surface area contributed by atoms with Crippen LogP contribution in [0.3, 0.4) is 0 Å². The number of carbonyl (C=O) groups excluding carboxylic acids is 2. The third kappa shape index (κ3) is 5.10. The van der Waals surface area contributed by atoms with Crippen LogP contribution in [0, 0.1) is 11.7 Å². The van der Waals surface area contributed by atoms with Crippen LogP contribution in [0.1, 0.15) is 12.8 Å². The highest BCUT2D eigenvalue weighted by molar-refractivity contribution is 7.89. The number of carbonyl (C=O) groups is 2. The lowest BCUT2D eigenvalue weighted by molar-refractivity contribution is -0.138. The minimum Gasteiger partial charge on any atom is -0.336 e. The molecule has 0 aliphatic carbocycles. The number of piperidine rings is 1.